The van der Waals surface area contributed by atoms with Gasteiger partial charge in [-0.05, 0) is 340 Å². The Morgan fingerprint density at radius 2 is 0.672 bits per heavy atom. The lowest BCUT2D eigenvalue weighted by atomic mass is 9.75. The van der Waals surface area contributed by atoms with E-state index >= 15 is 0 Å². The van der Waals surface area contributed by atoms with E-state index in [9.17, 15) is 29.1 Å². The van der Waals surface area contributed by atoms with Crippen LogP contribution in [0.1, 0.15) is 323 Å². The quantitative estimate of drug-likeness (QED) is 0.0336. The smallest absolute Gasteiger partial charge is 0.348 e. The number of likely N-dealkylation sites (N-methyl/N-ethyl adjacent to an activating group) is 2. The van der Waals surface area contributed by atoms with E-state index in [1.807, 2.05) is 11.4 Å². The van der Waals surface area contributed by atoms with Crippen LogP contribution in [-0.2, 0) is 18.9 Å². The normalized spacial score (nSPS) is 24.8. The zero-order chi connectivity index (χ0) is 90.0. The van der Waals surface area contributed by atoms with Crippen LogP contribution in [0.2, 0.25) is 0 Å². The lowest BCUT2D eigenvalue weighted by molar-refractivity contribution is 0.0597. The molecule has 5 aromatic heterocycles. The molecule has 0 radical (unpaired) electrons. The fraction of sp³-hybridized carbons (Fsp3) is 0.621. The number of carboxylic acid groups (broad SMARTS) is 1. The van der Waals surface area contributed by atoms with Gasteiger partial charge in [0.25, 0.3) is 0 Å². The van der Waals surface area contributed by atoms with Gasteiger partial charge in [-0.15, -0.1) is 56.7 Å². The summed E-state index contributed by atoms with van der Waals surface area (Å²) in [6.45, 7) is 34.0. The number of carboxylic acids is 1. The molecule has 10 aliphatic rings. The van der Waals surface area contributed by atoms with Gasteiger partial charge < -0.3 is 49.8 Å². The average Bonchev–Trinajstić information content (AvgIpc) is 1.74. The highest BCUT2D eigenvalue weighted by molar-refractivity contribution is 14.1. The average molecular weight is 2020 g/mol. The van der Waals surface area contributed by atoms with Gasteiger partial charge in [0, 0.05) is 84.5 Å². The topological polar surface area (TPSA) is 185 Å². The number of nitrogens with one attached hydrogen (secondary N) is 3. The van der Waals surface area contributed by atoms with E-state index in [4.69, 9.17) is 18.9 Å². The van der Waals surface area contributed by atoms with Gasteiger partial charge in [-0.1, -0.05) is 150 Å². The minimum Gasteiger partial charge on any atom is -0.477 e. The highest BCUT2D eigenvalue weighted by Crippen LogP contribution is 2.48. The molecule has 0 unspecified atom stereocenters. The zero-order valence-electron chi connectivity index (χ0n) is 77.8. The Bertz CT molecular complexity index is 4850. The molecular weight excluding hydrogens is 1880 g/mol. The number of ether oxygens (including phenoxy) is 4. The molecule has 10 heterocycles. The van der Waals surface area contributed by atoms with E-state index in [1.54, 1.807) is 33.6 Å². The standard InChI is InChI=1S/C24H33NO2S.C23H31NO2S.C19H26INO2S.C19H27NO2S.C18H24INO2S/c1-16-6-8-17(9-7-16)19-11-13-25-15-21(19)20-14-18(10-12-24(2,3)4)28-22(20)23(26)27-5;1-15-5-7-16(8-6-15)18-10-12-24-14-20(18)19-13-17(9-11-23(2,3)4)27-21(19)22(25)26;1-12-4-6-13(7-5-12)14-8-9-21(2)11-16(14)15-10-17(20)24-18(15)19(22)23-3;1-13-4-6-14(7-5-13)15-8-10-20(2)12-17(15)16-9-11-23-18(16)19(21)22-3;1-11-3-5-12(6-4-11)13-7-8-20-10-15(13)14-9-16(19)23-17(14)18(21)22-2/h14,16-17,25H,6-9,11,13,15H2,1-5H3;13,15-16,24H,5-8,10,12,14H2,1-4H3,(H,25,26);10,12-13H,4-9,11H2,1-3H3;9,11,13-14H,4-8,10,12H2,1-3H3;9,11-12,20H,3-8,10H2,1-2H3. The monoisotopic (exact) mass is 2020 g/mol. The molecule has 5 aliphatic carbocycles. The summed E-state index contributed by atoms with van der Waals surface area (Å²) in [5.41, 5.74) is 19.7. The summed E-state index contributed by atoms with van der Waals surface area (Å²) in [6, 6.07) is 10.6. The number of aromatic carboxylic acids is 1. The van der Waals surface area contributed by atoms with Crippen LogP contribution in [0.5, 0.6) is 0 Å². The molecule has 5 saturated carbocycles. The molecular formula is C103H141I2N5O10S5. The van der Waals surface area contributed by atoms with Crippen LogP contribution < -0.4 is 16.0 Å². The van der Waals surface area contributed by atoms with Crippen molar-refractivity contribution in [1.29, 1.82) is 0 Å². The SMILES string of the molecule is CC1CCC(C2=C(c3cc(C#CC(C)(C)C)sc3C(=O)O)CNCC2)CC1.COC(=O)c1sc(C#CC(C)(C)C)cc1C1=C(C2CCC(C)CC2)CCNC1.COC(=O)c1sc(I)cc1C1=C(C2CCC(C)CC2)CCN(C)C1.COC(=O)c1sc(I)cc1C1=C(C2CCC(C)CC2)CCNC1.COC(=O)c1sccc1C1=C(C2CCC(C)CC2)CCN(C)C1. The first-order valence-electron chi connectivity index (χ1n) is 46.4. The van der Waals surface area contributed by atoms with Crippen molar-refractivity contribution < 1.29 is 48.0 Å². The van der Waals surface area contributed by atoms with Gasteiger partial charge in [-0.2, -0.15) is 0 Å². The fourth-order valence-corrected chi connectivity index (χ4v) is 26.5. The van der Waals surface area contributed by atoms with Crippen molar-refractivity contribution in [2.75, 3.05) is 108 Å². The number of rotatable bonds is 15. The Kier molecular flexibility index (Phi) is 38.1. The van der Waals surface area contributed by atoms with Crippen molar-refractivity contribution in [2.24, 2.45) is 70.0 Å². The summed E-state index contributed by atoms with van der Waals surface area (Å²) in [5, 5.41) is 22.3. The van der Waals surface area contributed by atoms with E-state index < -0.39 is 5.97 Å². The summed E-state index contributed by atoms with van der Waals surface area (Å²) >= 11 is 12.0. The highest BCUT2D eigenvalue weighted by Gasteiger charge is 2.37. The molecule has 682 valence electrons. The zero-order valence-corrected chi connectivity index (χ0v) is 86.2. The largest absolute Gasteiger partial charge is 0.477 e. The van der Waals surface area contributed by atoms with Crippen LogP contribution in [0, 0.1) is 99.5 Å². The predicted molar refractivity (Wildman–Crippen MR) is 539 cm³/mol. The Morgan fingerprint density at radius 1 is 0.392 bits per heavy atom. The van der Waals surface area contributed by atoms with Crippen molar-refractivity contribution in [3.8, 4) is 23.7 Å². The number of thiophene rings is 5. The fourth-order valence-electron chi connectivity index (χ4n) is 20.3. The van der Waals surface area contributed by atoms with Gasteiger partial charge in [0.05, 0.1) is 44.0 Å². The molecule has 4 N–H and O–H groups in total. The predicted octanol–water partition coefficient (Wildman–Crippen LogP) is 25.1. The number of nitrogens with zero attached hydrogens (tertiary/aromatic N) is 2. The molecule has 0 aromatic carbocycles. The molecule has 15 nitrogen and oxygen atoms in total. The molecule has 125 heavy (non-hydrogen) atoms. The van der Waals surface area contributed by atoms with Crippen LogP contribution >= 0.6 is 102 Å². The molecule has 5 aliphatic heterocycles. The minimum atomic E-state index is -0.839. The maximum Gasteiger partial charge on any atom is 0.348 e. The molecule has 0 bridgehead atoms. The van der Waals surface area contributed by atoms with E-state index in [1.165, 1.54) is 236 Å². The number of carbonyl (C=O) groups is 5. The van der Waals surface area contributed by atoms with Crippen LogP contribution in [0.4, 0.5) is 0 Å². The summed E-state index contributed by atoms with van der Waals surface area (Å²) in [4.78, 5) is 70.9. The van der Waals surface area contributed by atoms with Crippen molar-refractivity contribution >= 4 is 160 Å². The maximum atomic E-state index is 12.5. The molecule has 22 heteroatoms. The lowest BCUT2D eigenvalue weighted by Gasteiger charge is -2.35. The second-order valence-corrected chi connectivity index (χ2v) is 48.2. The first-order valence-corrected chi connectivity index (χ1v) is 52.7. The van der Waals surface area contributed by atoms with Gasteiger partial charge in [0.1, 0.15) is 24.4 Å². The van der Waals surface area contributed by atoms with Crippen molar-refractivity contribution in [3.05, 3.63) is 131 Å². The van der Waals surface area contributed by atoms with Crippen LogP contribution in [0.15, 0.2) is 63.6 Å². The van der Waals surface area contributed by atoms with Crippen molar-refractivity contribution in [3.63, 3.8) is 0 Å². The molecule has 0 spiro atoms. The Hall–Kier alpha value is -5.07. The highest BCUT2D eigenvalue weighted by atomic mass is 127. The molecule has 0 atom stereocenters. The third kappa shape index (κ3) is 27.8. The molecule has 15 rings (SSSR count). The third-order valence-electron chi connectivity index (χ3n) is 27.4. The second-order valence-electron chi connectivity index (χ2n) is 39.3. The minimum absolute atomic E-state index is 0.0643. The molecule has 5 fully saturated rings. The van der Waals surface area contributed by atoms with E-state index in [0.29, 0.717) is 39.3 Å². The van der Waals surface area contributed by atoms with Gasteiger partial charge >= 0.3 is 29.8 Å². The van der Waals surface area contributed by atoms with E-state index in [2.05, 4.69) is 209 Å². The second kappa shape index (κ2) is 47.3. The molecule has 0 amide bonds. The van der Waals surface area contributed by atoms with Crippen LogP contribution in [0.25, 0.3) is 27.9 Å². The summed E-state index contributed by atoms with van der Waals surface area (Å²) in [6.07, 6.45) is 31.5. The van der Waals surface area contributed by atoms with E-state index in [-0.39, 0.29) is 34.7 Å². The first kappa shape index (κ1) is 100. The number of carbonyl (C=O) groups excluding carboxylic acids is 4. The Morgan fingerprint density at radius 3 is 0.992 bits per heavy atom. The lowest BCUT2D eigenvalue weighted by Crippen LogP contribution is -2.30. The number of hydrogen-bond acceptors (Lipinski definition) is 19. The number of methoxy groups -OCH3 is 4. The Balaban J connectivity index is 0.000000152. The van der Waals surface area contributed by atoms with Crippen LogP contribution in [0.3, 0.4) is 0 Å². The van der Waals surface area contributed by atoms with Crippen LogP contribution in [-0.4, -0.2) is 153 Å². The van der Waals surface area contributed by atoms with Gasteiger partial charge in [0.15, 0.2) is 0 Å². The maximum absolute atomic E-state index is 12.5. The number of esters is 4. The van der Waals surface area contributed by atoms with Crippen molar-refractivity contribution in [2.45, 2.75) is 237 Å². The summed E-state index contributed by atoms with van der Waals surface area (Å²) in [5.74, 6) is 19.0. The third-order valence-corrected chi connectivity index (χ3v) is 34.2. The van der Waals surface area contributed by atoms with Gasteiger partial charge in [0.2, 0.25) is 0 Å². The molecule has 5 aromatic rings. The van der Waals surface area contributed by atoms with Crippen molar-refractivity contribution in [1.82, 2.24) is 25.8 Å². The van der Waals surface area contributed by atoms with Gasteiger partial charge in [-0.3, -0.25) is 0 Å². The van der Waals surface area contributed by atoms with Gasteiger partial charge in [-0.25, -0.2) is 24.0 Å². The Labute approximate surface area is 795 Å². The molecule has 0 saturated heterocycles. The number of hydrogen-bond donors (Lipinski definition) is 4. The van der Waals surface area contributed by atoms with E-state index in [0.717, 1.165) is 185 Å². The first-order chi connectivity index (χ1) is 59.7. The summed E-state index contributed by atoms with van der Waals surface area (Å²) in [7, 11) is 10.2. The number of halogens is 2. The summed E-state index contributed by atoms with van der Waals surface area (Å²) < 4.78 is 22.4.